The van der Waals surface area contributed by atoms with Gasteiger partial charge in [0.1, 0.15) is 17.3 Å². The van der Waals surface area contributed by atoms with E-state index in [1.54, 1.807) is 12.1 Å². The largest absolute Gasteiger partial charge is 0.492 e. The lowest BCUT2D eigenvalue weighted by molar-refractivity contribution is 0.340. The smallest absolute Gasteiger partial charge is 0.139 e. The highest BCUT2D eigenvalue weighted by Gasteiger charge is 2.22. The van der Waals surface area contributed by atoms with Crippen LogP contribution in [-0.4, -0.2) is 6.61 Å². The summed E-state index contributed by atoms with van der Waals surface area (Å²) in [5.74, 6) is 2.24. The molecule has 0 aliphatic rings. The summed E-state index contributed by atoms with van der Waals surface area (Å²) >= 11 is 12.6. The van der Waals surface area contributed by atoms with Gasteiger partial charge in [-0.25, -0.2) is 0 Å². The molecule has 2 aromatic rings. The van der Waals surface area contributed by atoms with Gasteiger partial charge in [0.2, 0.25) is 0 Å². The van der Waals surface area contributed by atoms with Crippen LogP contribution in [-0.2, 0) is 0 Å². The topological polar surface area (TPSA) is 48.4 Å². The van der Waals surface area contributed by atoms with Gasteiger partial charge in [0.15, 0.2) is 0 Å². The van der Waals surface area contributed by atoms with Crippen molar-refractivity contribution >= 4 is 23.2 Å². The molecule has 114 valence electrons. The summed E-state index contributed by atoms with van der Waals surface area (Å²) in [5, 5.41) is 1.04. The van der Waals surface area contributed by atoms with Crippen molar-refractivity contribution in [2.75, 3.05) is 6.61 Å². The summed E-state index contributed by atoms with van der Waals surface area (Å²) in [7, 11) is 0. The van der Waals surface area contributed by atoms with Crippen LogP contribution in [0.2, 0.25) is 10.0 Å². The molecule has 0 fully saturated rings. The molecule has 1 atom stereocenters. The number of hydrogen-bond acceptors (Lipinski definition) is 3. The van der Waals surface area contributed by atoms with E-state index in [1.165, 1.54) is 0 Å². The number of hydrogen-bond donors (Lipinski definition) is 1. The van der Waals surface area contributed by atoms with Crippen LogP contribution >= 0.6 is 23.2 Å². The molecule has 2 rings (SSSR count). The summed E-state index contributed by atoms with van der Waals surface area (Å²) in [6.45, 7) is 8.24. The first kappa shape index (κ1) is 16.2. The Kier molecular flexibility index (Phi) is 4.87. The minimum atomic E-state index is -0.386. The van der Waals surface area contributed by atoms with Crippen LogP contribution < -0.4 is 10.5 Å². The molecule has 21 heavy (non-hydrogen) atoms. The molecule has 1 aromatic heterocycles. The zero-order valence-electron chi connectivity index (χ0n) is 12.6. The van der Waals surface area contributed by atoms with Crippen LogP contribution in [0, 0.1) is 20.8 Å². The lowest BCUT2D eigenvalue weighted by atomic mass is 9.96. The number of halogens is 2. The first-order valence-electron chi connectivity index (χ1n) is 6.80. The molecule has 5 heteroatoms. The highest BCUT2D eigenvalue weighted by atomic mass is 35.5. The van der Waals surface area contributed by atoms with Crippen molar-refractivity contribution in [2.45, 2.75) is 33.7 Å². The predicted octanol–water partition coefficient (Wildman–Crippen LogP) is 4.96. The maximum Gasteiger partial charge on any atom is 0.139 e. The number of ether oxygens (including phenoxy) is 1. The monoisotopic (exact) mass is 327 g/mol. The molecule has 1 aromatic carbocycles. The highest BCUT2D eigenvalue weighted by molar-refractivity contribution is 6.34. The number of aryl methyl sites for hydroxylation is 2. The standard InChI is InChI=1S/C16H19Cl2NO2/c1-5-20-14-7-12(17)11(6-13(14)18)16(19)15-8(2)9(3)21-10(15)4/h6-7,16H,5,19H2,1-4H3. The summed E-state index contributed by atoms with van der Waals surface area (Å²) in [6.07, 6.45) is 0. The second-order valence-corrected chi connectivity index (χ2v) is 5.78. The fraction of sp³-hybridized carbons (Fsp3) is 0.375. The first-order chi connectivity index (χ1) is 9.86. The molecular weight excluding hydrogens is 309 g/mol. The van der Waals surface area contributed by atoms with Gasteiger partial charge in [-0.05, 0) is 44.9 Å². The molecule has 1 heterocycles. The summed E-state index contributed by atoms with van der Waals surface area (Å²) < 4.78 is 11.1. The minimum Gasteiger partial charge on any atom is -0.492 e. The van der Waals surface area contributed by atoms with Gasteiger partial charge in [-0.3, -0.25) is 0 Å². The Hall–Kier alpha value is -1.16. The third-order valence-corrected chi connectivity index (χ3v) is 4.24. The lowest BCUT2D eigenvalue weighted by Gasteiger charge is -2.16. The average molecular weight is 328 g/mol. The van der Waals surface area contributed by atoms with E-state index in [2.05, 4.69) is 0 Å². The van der Waals surface area contributed by atoms with Crippen LogP contribution in [0.3, 0.4) is 0 Å². The molecule has 0 saturated carbocycles. The zero-order valence-corrected chi connectivity index (χ0v) is 14.1. The molecule has 0 amide bonds. The number of benzene rings is 1. The second-order valence-electron chi connectivity index (χ2n) is 4.97. The van der Waals surface area contributed by atoms with Crippen molar-refractivity contribution < 1.29 is 9.15 Å². The van der Waals surface area contributed by atoms with Crippen molar-refractivity contribution in [1.82, 2.24) is 0 Å². The molecule has 0 bridgehead atoms. The van der Waals surface area contributed by atoms with E-state index in [0.29, 0.717) is 22.4 Å². The van der Waals surface area contributed by atoms with Gasteiger partial charge in [-0.2, -0.15) is 0 Å². The normalized spacial score (nSPS) is 12.5. The van der Waals surface area contributed by atoms with E-state index in [-0.39, 0.29) is 6.04 Å². The predicted molar refractivity (Wildman–Crippen MR) is 86.6 cm³/mol. The third-order valence-electron chi connectivity index (χ3n) is 3.61. The van der Waals surface area contributed by atoms with Crippen molar-refractivity contribution in [3.8, 4) is 5.75 Å². The summed E-state index contributed by atoms with van der Waals surface area (Å²) in [4.78, 5) is 0. The number of rotatable bonds is 4. The molecule has 0 radical (unpaired) electrons. The second kappa shape index (κ2) is 6.30. The third kappa shape index (κ3) is 3.05. The van der Waals surface area contributed by atoms with Gasteiger partial charge < -0.3 is 14.9 Å². The maximum atomic E-state index is 6.38. The van der Waals surface area contributed by atoms with E-state index in [1.807, 2.05) is 27.7 Å². The molecule has 1 unspecified atom stereocenters. The molecule has 3 nitrogen and oxygen atoms in total. The quantitative estimate of drug-likeness (QED) is 0.863. The number of nitrogens with two attached hydrogens (primary N) is 1. The zero-order chi connectivity index (χ0) is 15.7. The van der Waals surface area contributed by atoms with Gasteiger partial charge in [-0.15, -0.1) is 0 Å². The molecule has 0 aliphatic carbocycles. The van der Waals surface area contributed by atoms with Crippen molar-refractivity contribution in [3.05, 3.63) is 50.4 Å². The Morgan fingerprint density at radius 1 is 1.14 bits per heavy atom. The van der Waals surface area contributed by atoms with Crippen LogP contribution in [0.15, 0.2) is 16.5 Å². The minimum absolute atomic E-state index is 0.386. The Balaban J connectivity index is 2.48. The highest BCUT2D eigenvalue weighted by Crippen LogP contribution is 2.38. The fourth-order valence-electron chi connectivity index (χ4n) is 2.47. The molecule has 0 saturated heterocycles. The Morgan fingerprint density at radius 3 is 2.33 bits per heavy atom. The van der Waals surface area contributed by atoms with Crippen LogP contribution in [0.1, 0.15) is 41.2 Å². The maximum absolute atomic E-state index is 6.38. The fourth-order valence-corrected chi connectivity index (χ4v) is 2.97. The van der Waals surface area contributed by atoms with Gasteiger partial charge >= 0.3 is 0 Å². The van der Waals surface area contributed by atoms with Crippen molar-refractivity contribution in [3.63, 3.8) is 0 Å². The Bertz CT molecular complexity index is 665. The first-order valence-corrected chi connectivity index (χ1v) is 7.56. The van der Waals surface area contributed by atoms with Crippen LogP contribution in [0.25, 0.3) is 0 Å². The molecule has 0 aliphatic heterocycles. The molecular formula is C16H19Cl2NO2. The van der Waals surface area contributed by atoms with Crippen molar-refractivity contribution in [2.24, 2.45) is 5.73 Å². The summed E-state index contributed by atoms with van der Waals surface area (Å²) in [6, 6.07) is 3.09. The molecule has 0 spiro atoms. The van der Waals surface area contributed by atoms with E-state index in [9.17, 15) is 0 Å². The van der Waals surface area contributed by atoms with E-state index < -0.39 is 0 Å². The number of furan rings is 1. The van der Waals surface area contributed by atoms with Gasteiger partial charge in [0, 0.05) is 16.7 Å². The van der Waals surface area contributed by atoms with Crippen molar-refractivity contribution in [1.29, 1.82) is 0 Å². The lowest BCUT2D eigenvalue weighted by Crippen LogP contribution is -2.14. The van der Waals surface area contributed by atoms with Gasteiger partial charge in [-0.1, -0.05) is 23.2 Å². The van der Waals surface area contributed by atoms with Crippen LogP contribution in [0.5, 0.6) is 5.75 Å². The SMILES string of the molecule is CCOc1cc(Cl)c(C(N)c2c(C)oc(C)c2C)cc1Cl. The van der Waals surface area contributed by atoms with E-state index in [4.69, 9.17) is 38.1 Å². The Morgan fingerprint density at radius 2 is 1.81 bits per heavy atom. The van der Waals surface area contributed by atoms with Gasteiger partial charge in [0.25, 0.3) is 0 Å². The van der Waals surface area contributed by atoms with Crippen LogP contribution in [0.4, 0.5) is 0 Å². The van der Waals surface area contributed by atoms with E-state index in [0.717, 1.165) is 28.2 Å². The van der Waals surface area contributed by atoms with E-state index >= 15 is 0 Å². The molecule has 2 N–H and O–H groups in total. The Labute approximate surface area is 135 Å². The van der Waals surface area contributed by atoms with Gasteiger partial charge in [0.05, 0.1) is 17.7 Å². The average Bonchev–Trinajstić information content (AvgIpc) is 2.67. The summed E-state index contributed by atoms with van der Waals surface area (Å²) in [5.41, 5.74) is 9.14.